The second kappa shape index (κ2) is 6.73. The molecular formula is C16H11Cl2NO2S. The van der Waals surface area contributed by atoms with E-state index in [9.17, 15) is 4.79 Å². The van der Waals surface area contributed by atoms with Crippen molar-refractivity contribution in [2.75, 3.05) is 12.3 Å². The number of carbonyl (C=O) groups excluding carboxylic acids is 1. The van der Waals surface area contributed by atoms with Gasteiger partial charge in [-0.1, -0.05) is 23.2 Å². The second-order valence-corrected chi connectivity index (χ2v) is 6.50. The van der Waals surface area contributed by atoms with Gasteiger partial charge in [0.1, 0.15) is 5.75 Å². The molecule has 2 aromatic carbocycles. The molecule has 22 heavy (non-hydrogen) atoms. The molecule has 1 heterocycles. The molecule has 0 spiro atoms. The topological polar surface area (TPSA) is 38.7 Å². The van der Waals surface area contributed by atoms with Crippen molar-refractivity contribution in [3.63, 3.8) is 0 Å². The fourth-order valence-electron chi connectivity index (χ4n) is 1.99. The van der Waals surface area contributed by atoms with E-state index in [-0.39, 0.29) is 10.6 Å². The van der Waals surface area contributed by atoms with E-state index in [2.05, 4.69) is 4.99 Å². The molecule has 0 radical (unpaired) electrons. The average Bonchev–Trinajstić information content (AvgIpc) is 3.02. The summed E-state index contributed by atoms with van der Waals surface area (Å²) in [5.74, 6) is 0.964. The van der Waals surface area contributed by atoms with Gasteiger partial charge in [0.15, 0.2) is 0 Å². The molecule has 0 saturated carbocycles. The van der Waals surface area contributed by atoms with E-state index in [1.807, 2.05) is 12.1 Å². The van der Waals surface area contributed by atoms with Gasteiger partial charge in [0, 0.05) is 22.9 Å². The Morgan fingerprint density at radius 3 is 2.55 bits per heavy atom. The van der Waals surface area contributed by atoms with E-state index in [0.717, 1.165) is 22.9 Å². The van der Waals surface area contributed by atoms with Crippen molar-refractivity contribution in [2.24, 2.45) is 4.99 Å². The van der Waals surface area contributed by atoms with Crippen molar-refractivity contribution in [1.82, 2.24) is 0 Å². The highest BCUT2D eigenvalue weighted by molar-refractivity contribution is 8.14. The summed E-state index contributed by atoms with van der Waals surface area (Å²) in [4.78, 5) is 16.5. The first-order valence-electron chi connectivity index (χ1n) is 6.58. The molecule has 0 unspecified atom stereocenters. The number of aliphatic imine (C=N–C) groups is 1. The van der Waals surface area contributed by atoms with E-state index in [4.69, 9.17) is 27.9 Å². The second-order valence-electron chi connectivity index (χ2n) is 4.57. The van der Waals surface area contributed by atoms with Gasteiger partial charge < -0.3 is 4.74 Å². The number of halogens is 2. The summed E-state index contributed by atoms with van der Waals surface area (Å²) >= 11 is 13.5. The van der Waals surface area contributed by atoms with Gasteiger partial charge in [-0.25, -0.2) is 4.79 Å². The summed E-state index contributed by atoms with van der Waals surface area (Å²) in [5.41, 5.74) is 1.32. The lowest BCUT2D eigenvalue weighted by atomic mass is 10.2. The first-order chi connectivity index (χ1) is 10.6. The smallest absolute Gasteiger partial charge is 0.345 e. The van der Waals surface area contributed by atoms with Crippen molar-refractivity contribution in [2.45, 2.75) is 0 Å². The number of esters is 1. The lowest BCUT2D eigenvalue weighted by molar-refractivity contribution is 0.0735. The molecule has 3 rings (SSSR count). The summed E-state index contributed by atoms with van der Waals surface area (Å²) in [5, 5.41) is 1.77. The SMILES string of the molecule is O=C(Oc1ccc(C2=NCCS2)cc1)c1ccc(Cl)cc1Cl. The molecule has 0 atom stereocenters. The van der Waals surface area contributed by atoms with Crippen LogP contribution in [0.3, 0.4) is 0 Å². The molecule has 0 aliphatic carbocycles. The van der Waals surface area contributed by atoms with Gasteiger partial charge >= 0.3 is 5.97 Å². The Morgan fingerprint density at radius 2 is 1.91 bits per heavy atom. The Bertz CT molecular complexity index is 744. The van der Waals surface area contributed by atoms with Crippen LogP contribution < -0.4 is 4.74 Å². The zero-order valence-corrected chi connectivity index (χ0v) is 13.7. The minimum absolute atomic E-state index is 0.269. The van der Waals surface area contributed by atoms with E-state index in [0.29, 0.717) is 10.8 Å². The third-order valence-corrected chi connectivity index (χ3v) is 4.62. The van der Waals surface area contributed by atoms with Gasteiger partial charge in [-0.3, -0.25) is 4.99 Å². The van der Waals surface area contributed by atoms with Gasteiger partial charge in [0.05, 0.1) is 15.6 Å². The van der Waals surface area contributed by atoms with Gasteiger partial charge in [0.25, 0.3) is 0 Å². The summed E-state index contributed by atoms with van der Waals surface area (Å²) in [6, 6.07) is 11.9. The molecule has 2 aromatic rings. The predicted octanol–water partition coefficient (Wildman–Crippen LogP) is 4.71. The molecule has 0 bridgehead atoms. The summed E-state index contributed by atoms with van der Waals surface area (Å²) in [7, 11) is 0. The molecule has 0 fully saturated rings. The fourth-order valence-corrected chi connectivity index (χ4v) is 3.34. The number of carbonyl (C=O) groups is 1. The van der Waals surface area contributed by atoms with Crippen LogP contribution in [0, 0.1) is 0 Å². The quantitative estimate of drug-likeness (QED) is 0.593. The third-order valence-electron chi connectivity index (χ3n) is 3.05. The molecule has 6 heteroatoms. The lowest BCUT2D eigenvalue weighted by Crippen LogP contribution is -2.09. The largest absolute Gasteiger partial charge is 0.423 e. The zero-order chi connectivity index (χ0) is 15.5. The van der Waals surface area contributed by atoms with Crippen LogP contribution in [0.4, 0.5) is 0 Å². The first-order valence-corrected chi connectivity index (χ1v) is 8.32. The van der Waals surface area contributed by atoms with Crippen LogP contribution in [0.15, 0.2) is 47.5 Å². The van der Waals surface area contributed by atoms with Gasteiger partial charge in [0.2, 0.25) is 0 Å². The van der Waals surface area contributed by atoms with Crippen LogP contribution in [0.5, 0.6) is 5.75 Å². The molecule has 0 saturated heterocycles. The van der Waals surface area contributed by atoms with Crippen molar-refractivity contribution < 1.29 is 9.53 Å². The Kier molecular flexibility index (Phi) is 4.71. The predicted molar refractivity (Wildman–Crippen MR) is 91.7 cm³/mol. The van der Waals surface area contributed by atoms with Crippen LogP contribution in [-0.2, 0) is 0 Å². The van der Waals surface area contributed by atoms with Crippen LogP contribution in [0.1, 0.15) is 15.9 Å². The molecule has 0 aromatic heterocycles. The summed E-state index contributed by atoms with van der Waals surface area (Å²) < 4.78 is 5.33. The maximum Gasteiger partial charge on any atom is 0.345 e. The highest BCUT2D eigenvalue weighted by atomic mass is 35.5. The van der Waals surface area contributed by atoms with E-state index >= 15 is 0 Å². The molecule has 112 valence electrons. The lowest BCUT2D eigenvalue weighted by Gasteiger charge is -2.07. The third kappa shape index (κ3) is 3.46. The Hall–Kier alpha value is -1.49. The average molecular weight is 352 g/mol. The van der Waals surface area contributed by atoms with Crippen molar-refractivity contribution in [3.05, 3.63) is 63.6 Å². The standard InChI is InChI=1S/C16H11Cl2NO2S/c17-11-3-6-13(14(18)9-11)16(20)21-12-4-1-10(2-5-12)15-19-7-8-22-15/h1-6,9H,7-8H2. The number of ether oxygens (including phenoxy) is 1. The molecule has 0 N–H and O–H groups in total. The molecule has 0 amide bonds. The normalized spacial score (nSPS) is 13.8. The number of nitrogens with zero attached hydrogens (tertiary/aromatic N) is 1. The van der Waals surface area contributed by atoms with Crippen LogP contribution in [0.25, 0.3) is 0 Å². The van der Waals surface area contributed by atoms with Crippen molar-refractivity contribution in [1.29, 1.82) is 0 Å². The molecule has 1 aliphatic heterocycles. The molecule has 1 aliphatic rings. The van der Waals surface area contributed by atoms with Crippen molar-refractivity contribution in [3.8, 4) is 5.75 Å². The highest BCUT2D eigenvalue weighted by Gasteiger charge is 2.14. The number of hydrogen-bond donors (Lipinski definition) is 0. The number of hydrogen-bond acceptors (Lipinski definition) is 4. The number of benzene rings is 2. The Labute approximate surface area is 142 Å². The van der Waals surface area contributed by atoms with Gasteiger partial charge in [-0.05, 0) is 42.5 Å². The summed E-state index contributed by atoms with van der Waals surface area (Å²) in [6.45, 7) is 0.853. The van der Waals surface area contributed by atoms with Crippen LogP contribution >= 0.6 is 35.0 Å². The highest BCUT2D eigenvalue weighted by Crippen LogP contribution is 2.24. The van der Waals surface area contributed by atoms with Crippen LogP contribution in [0.2, 0.25) is 10.0 Å². The maximum atomic E-state index is 12.1. The van der Waals surface area contributed by atoms with Gasteiger partial charge in [-0.2, -0.15) is 0 Å². The zero-order valence-electron chi connectivity index (χ0n) is 11.4. The number of rotatable bonds is 3. The van der Waals surface area contributed by atoms with Crippen LogP contribution in [-0.4, -0.2) is 23.3 Å². The molecule has 3 nitrogen and oxygen atoms in total. The van der Waals surface area contributed by atoms with E-state index in [1.54, 1.807) is 36.0 Å². The minimum atomic E-state index is -0.512. The maximum absolute atomic E-state index is 12.1. The Morgan fingerprint density at radius 1 is 1.14 bits per heavy atom. The van der Waals surface area contributed by atoms with Crippen molar-refractivity contribution >= 4 is 46.0 Å². The fraction of sp³-hybridized carbons (Fsp3) is 0.125. The molecular weight excluding hydrogens is 341 g/mol. The number of thioether (sulfide) groups is 1. The Balaban J connectivity index is 1.73. The van der Waals surface area contributed by atoms with E-state index < -0.39 is 5.97 Å². The summed E-state index contributed by atoms with van der Waals surface area (Å²) in [6.07, 6.45) is 0. The monoisotopic (exact) mass is 351 g/mol. The minimum Gasteiger partial charge on any atom is -0.423 e. The van der Waals surface area contributed by atoms with E-state index in [1.165, 1.54) is 6.07 Å². The first kappa shape index (κ1) is 15.4. The van der Waals surface area contributed by atoms with Gasteiger partial charge in [-0.15, -0.1) is 11.8 Å².